The number of rotatable bonds is 5. The van der Waals surface area contributed by atoms with Crippen molar-refractivity contribution in [1.82, 2.24) is 19.2 Å². The average molecular weight is 328 g/mol. The quantitative estimate of drug-likeness (QED) is 0.762. The molecule has 0 spiro atoms. The van der Waals surface area contributed by atoms with Crippen molar-refractivity contribution in [2.75, 3.05) is 6.61 Å². The molecule has 2 aromatic heterocycles. The molecule has 3 rings (SSSR count). The molecule has 1 N–H and O–H groups in total. The molecule has 0 aliphatic rings. The molecule has 0 fully saturated rings. The molecule has 1 atom stereocenters. The minimum atomic E-state index is -0.744. The highest BCUT2D eigenvalue weighted by Crippen LogP contribution is 2.19. The first-order valence-electron chi connectivity index (χ1n) is 7.74. The van der Waals surface area contributed by atoms with Gasteiger partial charge in [-0.25, -0.2) is 0 Å². The Morgan fingerprint density at radius 1 is 1.25 bits per heavy atom. The van der Waals surface area contributed by atoms with Crippen LogP contribution in [-0.2, 0) is 6.54 Å². The van der Waals surface area contributed by atoms with E-state index < -0.39 is 6.10 Å². The van der Waals surface area contributed by atoms with Crippen LogP contribution in [0.4, 0.5) is 0 Å². The maximum atomic E-state index is 11.8. The minimum absolute atomic E-state index is 0.149. The van der Waals surface area contributed by atoms with Crippen molar-refractivity contribution in [1.29, 1.82) is 0 Å². The number of benzene rings is 1. The van der Waals surface area contributed by atoms with E-state index >= 15 is 0 Å². The predicted molar refractivity (Wildman–Crippen MR) is 89.4 cm³/mol. The lowest BCUT2D eigenvalue weighted by atomic mass is 10.1. The molecule has 3 aromatic rings. The van der Waals surface area contributed by atoms with Gasteiger partial charge in [-0.3, -0.25) is 4.79 Å². The fourth-order valence-corrected chi connectivity index (χ4v) is 2.59. The largest absolute Gasteiger partial charge is 0.491 e. The van der Waals surface area contributed by atoms with Gasteiger partial charge in [0.2, 0.25) is 5.78 Å². The van der Waals surface area contributed by atoms with E-state index in [2.05, 4.69) is 10.1 Å². The summed E-state index contributed by atoms with van der Waals surface area (Å²) in [5, 5.41) is 14.2. The topological polar surface area (TPSA) is 81.7 Å². The van der Waals surface area contributed by atoms with Gasteiger partial charge < -0.3 is 14.4 Å². The second-order valence-electron chi connectivity index (χ2n) is 5.94. The van der Waals surface area contributed by atoms with Crippen LogP contribution < -0.4 is 10.3 Å². The zero-order chi connectivity index (χ0) is 17.3. The number of nitrogens with zero attached hydrogens (tertiary/aromatic N) is 4. The van der Waals surface area contributed by atoms with Crippen LogP contribution in [0.1, 0.15) is 16.8 Å². The summed E-state index contributed by atoms with van der Waals surface area (Å²) in [5.74, 6) is 1.17. The molecule has 7 heteroatoms. The Labute approximate surface area is 139 Å². The number of aliphatic hydroxyl groups excluding tert-OH is 1. The van der Waals surface area contributed by atoms with Crippen molar-refractivity contribution in [2.45, 2.75) is 33.4 Å². The van der Waals surface area contributed by atoms with Gasteiger partial charge in [0.25, 0.3) is 5.56 Å². The summed E-state index contributed by atoms with van der Waals surface area (Å²) in [4.78, 5) is 15.9. The van der Waals surface area contributed by atoms with Crippen molar-refractivity contribution in [3.8, 4) is 5.75 Å². The first-order chi connectivity index (χ1) is 11.5. The summed E-state index contributed by atoms with van der Waals surface area (Å²) in [6.45, 7) is 6.17. The highest BCUT2D eigenvalue weighted by Gasteiger charge is 2.13. The van der Waals surface area contributed by atoms with E-state index in [4.69, 9.17) is 4.74 Å². The van der Waals surface area contributed by atoms with Crippen LogP contribution in [0.25, 0.3) is 5.78 Å². The van der Waals surface area contributed by atoms with E-state index in [1.165, 1.54) is 16.9 Å². The standard InChI is InChI=1S/C17H20N4O3/c1-11-4-5-12(2)15(6-11)24-9-14(22)8-20-13(3)7-16(23)21-17(20)18-10-19-21/h4-7,10,14,22H,8-9H2,1-3H3/t14-/m0/s1. The monoisotopic (exact) mass is 328 g/mol. The van der Waals surface area contributed by atoms with Gasteiger partial charge in [-0.15, -0.1) is 0 Å². The summed E-state index contributed by atoms with van der Waals surface area (Å²) in [5.41, 5.74) is 2.60. The second-order valence-corrected chi connectivity index (χ2v) is 5.94. The molecule has 24 heavy (non-hydrogen) atoms. The summed E-state index contributed by atoms with van der Waals surface area (Å²) in [7, 11) is 0. The lowest BCUT2D eigenvalue weighted by Crippen LogP contribution is -2.28. The summed E-state index contributed by atoms with van der Waals surface area (Å²) in [6.07, 6.45) is 0.581. The van der Waals surface area contributed by atoms with Crippen molar-refractivity contribution in [3.05, 3.63) is 57.8 Å². The third-order valence-electron chi connectivity index (χ3n) is 3.91. The molecule has 1 aromatic carbocycles. The van der Waals surface area contributed by atoms with E-state index in [1.807, 2.05) is 32.0 Å². The Bertz CT molecular complexity index is 929. The Hall–Kier alpha value is -2.67. The van der Waals surface area contributed by atoms with Crippen LogP contribution in [0.3, 0.4) is 0 Å². The van der Waals surface area contributed by atoms with Crippen LogP contribution in [-0.4, -0.2) is 37.0 Å². The van der Waals surface area contributed by atoms with Crippen LogP contribution in [0.5, 0.6) is 5.75 Å². The molecule has 0 saturated carbocycles. The van der Waals surface area contributed by atoms with E-state index in [1.54, 1.807) is 11.5 Å². The van der Waals surface area contributed by atoms with Gasteiger partial charge in [-0.05, 0) is 38.0 Å². The molecule has 0 radical (unpaired) electrons. The summed E-state index contributed by atoms with van der Waals surface area (Å²) < 4.78 is 8.71. The van der Waals surface area contributed by atoms with Crippen molar-refractivity contribution < 1.29 is 9.84 Å². The van der Waals surface area contributed by atoms with Crippen molar-refractivity contribution in [3.63, 3.8) is 0 Å². The SMILES string of the molecule is Cc1ccc(C)c(OC[C@@H](O)Cn2c(C)cc(=O)n3ncnc23)c1. The van der Waals surface area contributed by atoms with Gasteiger partial charge in [0, 0.05) is 11.8 Å². The molecule has 126 valence electrons. The Morgan fingerprint density at radius 3 is 2.83 bits per heavy atom. The first kappa shape index (κ1) is 16.2. The number of aryl methyl sites for hydroxylation is 3. The summed E-state index contributed by atoms with van der Waals surface area (Å²) in [6, 6.07) is 7.43. The third kappa shape index (κ3) is 3.16. The van der Waals surface area contributed by atoms with Crippen LogP contribution >= 0.6 is 0 Å². The molecule has 0 aliphatic heterocycles. The van der Waals surface area contributed by atoms with E-state index in [-0.39, 0.29) is 18.7 Å². The van der Waals surface area contributed by atoms with Gasteiger partial charge in [0.1, 0.15) is 24.8 Å². The van der Waals surface area contributed by atoms with Gasteiger partial charge >= 0.3 is 0 Å². The van der Waals surface area contributed by atoms with E-state index in [0.29, 0.717) is 11.5 Å². The molecular formula is C17H20N4O3. The normalized spacial score (nSPS) is 12.5. The number of hydrogen-bond donors (Lipinski definition) is 1. The number of fused-ring (bicyclic) bond motifs is 1. The zero-order valence-electron chi connectivity index (χ0n) is 13.9. The maximum absolute atomic E-state index is 11.8. The number of aliphatic hydroxyl groups is 1. The molecular weight excluding hydrogens is 308 g/mol. The van der Waals surface area contributed by atoms with Gasteiger partial charge in [-0.1, -0.05) is 12.1 Å². The van der Waals surface area contributed by atoms with Gasteiger partial charge in [-0.2, -0.15) is 14.6 Å². The van der Waals surface area contributed by atoms with Gasteiger partial charge in [0.05, 0.1) is 6.54 Å². The fourth-order valence-electron chi connectivity index (χ4n) is 2.59. The average Bonchev–Trinajstić information content (AvgIpc) is 3.02. The molecule has 0 saturated heterocycles. The molecule has 0 bridgehead atoms. The van der Waals surface area contributed by atoms with E-state index in [9.17, 15) is 9.90 Å². The minimum Gasteiger partial charge on any atom is -0.491 e. The molecule has 7 nitrogen and oxygen atoms in total. The Balaban J connectivity index is 1.76. The molecule has 2 heterocycles. The zero-order valence-corrected chi connectivity index (χ0v) is 13.9. The van der Waals surface area contributed by atoms with Crippen LogP contribution in [0.15, 0.2) is 35.4 Å². The predicted octanol–water partition coefficient (Wildman–Crippen LogP) is 1.26. The third-order valence-corrected chi connectivity index (χ3v) is 3.91. The van der Waals surface area contributed by atoms with Gasteiger partial charge in [0.15, 0.2) is 0 Å². The smallest absolute Gasteiger partial charge is 0.275 e. The molecule has 0 aliphatic carbocycles. The van der Waals surface area contributed by atoms with Crippen LogP contribution in [0, 0.1) is 20.8 Å². The van der Waals surface area contributed by atoms with Crippen molar-refractivity contribution in [2.24, 2.45) is 0 Å². The van der Waals surface area contributed by atoms with E-state index in [0.717, 1.165) is 16.9 Å². The summed E-state index contributed by atoms with van der Waals surface area (Å²) >= 11 is 0. The lowest BCUT2D eigenvalue weighted by Gasteiger charge is -2.17. The highest BCUT2D eigenvalue weighted by atomic mass is 16.5. The maximum Gasteiger partial charge on any atom is 0.275 e. The lowest BCUT2D eigenvalue weighted by molar-refractivity contribution is 0.0921. The Morgan fingerprint density at radius 2 is 2.04 bits per heavy atom. The van der Waals surface area contributed by atoms with Crippen LogP contribution in [0.2, 0.25) is 0 Å². The number of aromatic nitrogens is 4. The highest BCUT2D eigenvalue weighted by molar-refractivity contribution is 5.36. The fraction of sp³-hybridized carbons (Fsp3) is 0.353. The second kappa shape index (κ2) is 6.45. The molecule has 0 unspecified atom stereocenters. The Kier molecular flexibility index (Phi) is 4.35. The number of hydrogen-bond acceptors (Lipinski definition) is 5. The first-order valence-corrected chi connectivity index (χ1v) is 7.74. The number of ether oxygens (including phenoxy) is 1. The molecule has 0 amide bonds. The van der Waals surface area contributed by atoms with Crippen molar-refractivity contribution >= 4 is 5.78 Å².